The summed E-state index contributed by atoms with van der Waals surface area (Å²) in [5, 5.41) is 0. The lowest BCUT2D eigenvalue weighted by Crippen LogP contribution is -2.55. The van der Waals surface area contributed by atoms with Gasteiger partial charge in [-0.15, -0.1) is 0 Å². The molecule has 1 fully saturated rings. The normalized spacial score (nSPS) is 15.6. The molecule has 0 aliphatic carbocycles. The predicted molar refractivity (Wildman–Crippen MR) is 125 cm³/mol. The number of rotatable bonds is 10. The maximum atomic E-state index is 13.0. The second-order valence-corrected chi connectivity index (χ2v) is 7.87. The lowest BCUT2D eigenvalue weighted by atomic mass is 10.1. The molecule has 2 aromatic carbocycles. The Hall–Kier alpha value is -3.41. The average molecular weight is 435 g/mol. The second kappa shape index (κ2) is 11.3. The van der Waals surface area contributed by atoms with Crippen molar-refractivity contribution >= 4 is 29.6 Å². The van der Waals surface area contributed by atoms with Crippen LogP contribution in [0.15, 0.2) is 60.2 Å². The molecule has 0 bridgehead atoms. The third-order valence-corrected chi connectivity index (χ3v) is 5.42. The van der Waals surface area contributed by atoms with E-state index in [0.717, 1.165) is 22.0 Å². The fourth-order valence-corrected chi connectivity index (χ4v) is 3.54. The van der Waals surface area contributed by atoms with Crippen LogP contribution in [0.5, 0.6) is 5.75 Å². The van der Waals surface area contributed by atoms with E-state index in [9.17, 15) is 14.4 Å². The first-order valence-corrected chi connectivity index (χ1v) is 11.2. The van der Waals surface area contributed by atoms with Gasteiger partial charge in [0.15, 0.2) is 0 Å². The first-order valence-electron chi connectivity index (χ1n) is 11.2. The van der Waals surface area contributed by atoms with Crippen molar-refractivity contribution in [2.24, 2.45) is 0 Å². The Labute approximate surface area is 189 Å². The van der Waals surface area contributed by atoms with Crippen LogP contribution in [0.4, 0.5) is 10.5 Å². The number of amides is 4. The summed E-state index contributed by atoms with van der Waals surface area (Å²) in [5.74, 6) is -0.497. The smallest absolute Gasteiger partial charge is 0.338 e. The van der Waals surface area contributed by atoms with Crippen LogP contribution in [0.1, 0.15) is 51.0 Å². The Balaban J connectivity index is 1.66. The van der Waals surface area contributed by atoms with E-state index in [4.69, 9.17) is 4.74 Å². The van der Waals surface area contributed by atoms with E-state index in [0.29, 0.717) is 17.9 Å². The molecular weight excluding hydrogens is 404 g/mol. The largest absolute Gasteiger partial charge is 0.494 e. The van der Waals surface area contributed by atoms with E-state index in [1.165, 1.54) is 45.2 Å². The van der Waals surface area contributed by atoms with E-state index < -0.39 is 17.8 Å². The van der Waals surface area contributed by atoms with Crippen molar-refractivity contribution in [1.29, 1.82) is 0 Å². The molecule has 0 spiro atoms. The maximum absolute atomic E-state index is 13.0. The first kappa shape index (κ1) is 23.3. The van der Waals surface area contributed by atoms with Crippen LogP contribution < -0.4 is 9.64 Å². The summed E-state index contributed by atoms with van der Waals surface area (Å²) < 4.78 is 5.79. The number of barbiturate groups is 1. The van der Waals surface area contributed by atoms with Gasteiger partial charge in [-0.3, -0.25) is 14.5 Å². The minimum atomic E-state index is -0.665. The highest BCUT2D eigenvalue weighted by Gasteiger charge is 2.40. The van der Waals surface area contributed by atoms with Gasteiger partial charge < -0.3 is 4.74 Å². The molecule has 0 atom stereocenters. The quantitative estimate of drug-likeness (QED) is 0.284. The molecule has 1 aliphatic heterocycles. The summed E-state index contributed by atoms with van der Waals surface area (Å²) in [6, 6.07) is 15.2. The first-order chi connectivity index (χ1) is 15.5. The predicted octanol–water partition coefficient (Wildman–Crippen LogP) is 5.43. The van der Waals surface area contributed by atoms with Gasteiger partial charge in [-0.2, -0.15) is 0 Å². The van der Waals surface area contributed by atoms with E-state index in [-0.39, 0.29) is 5.57 Å². The van der Waals surface area contributed by atoms with Crippen molar-refractivity contribution in [3.63, 3.8) is 0 Å². The molecule has 1 heterocycles. The number of hydrogen-bond acceptors (Lipinski definition) is 4. The fourth-order valence-electron chi connectivity index (χ4n) is 3.54. The van der Waals surface area contributed by atoms with Crippen LogP contribution in [0.3, 0.4) is 0 Å². The van der Waals surface area contributed by atoms with Crippen LogP contribution in [0.2, 0.25) is 0 Å². The molecule has 0 unspecified atom stereocenters. The molecule has 0 saturated carbocycles. The number of benzene rings is 2. The minimum absolute atomic E-state index is 0.0586. The van der Waals surface area contributed by atoms with Gasteiger partial charge in [-0.25, -0.2) is 9.69 Å². The summed E-state index contributed by atoms with van der Waals surface area (Å²) >= 11 is 0. The molecule has 32 heavy (non-hydrogen) atoms. The number of anilines is 1. The molecule has 1 aliphatic rings. The fraction of sp³-hybridized carbons (Fsp3) is 0.346. The molecule has 2 aromatic rings. The van der Waals surface area contributed by atoms with Gasteiger partial charge in [0, 0.05) is 7.05 Å². The third kappa shape index (κ3) is 5.63. The van der Waals surface area contributed by atoms with Crippen molar-refractivity contribution in [2.45, 2.75) is 45.4 Å². The lowest BCUT2D eigenvalue weighted by molar-refractivity contribution is -0.128. The van der Waals surface area contributed by atoms with Gasteiger partial charge in [0.05, 0.1) is 12.3 Å². The summed E-state index contributed by atoms with van der Waals surface area (Å²) in [4.78, 5) is 40.2. The second-order valence-electron chi connectivity index (χ2n) is 7.87. The third-order valence-electron chi connectivity index (χ3n) is 5.42. The molecule has 6 nitrogen and oxygen atoms in total. The highest BCUT2D eigenvalue weighted by Crippen LogP contribution is 2.25. The SMILES string of the molecule is CCCCCCCCOc1ccc(C=C2C(=O)N(C)C(=O)N(c3ccccc3)C2=O)cc1. The number of unbranched alkanes of at least 4 members (excludes halogenated alkanes) is 5. The van der Waals surface area contributed by atoms with Crippen LogP contribution in [-0.4, -0.2) is 36.4 Å². The molecule has 0 radical (unpaired) electrons. The molecular formula is C26H30N2O4. The number of hydrogen-bond donors (Lipinski definition) is 0. The molecule has 0 aromatic heterocycles. The summed E-state index contributed by atoms with van der Waals surface area (Å²) in [7, 11) is 1.38. The number of carbonyl (C=O) groups is 3. The van der Waals surface area contributed by atoms with E-state index in [2.05, 4.69) is 6.92 Å². The van der Waals surface area contributed by atoms with Crippen LogP contribution in [0.25, 0.3) is 6.08 Å². The van der Waals surface area contributed by atoms with Crippen LogP contribution >= 0.6 is 0 Å². The van der Waals surface area contributed by atoms with Crippen LogP contribution in [0, 0.1) is 0 Å². The Morgan fingerprint density at radius 2 is 1.47 bits per heavy atom. The zero-order valence-corrected chi connectivity index (χ0v) is 18.8. The molecule has 168 valence electrons. The number of para-hydroxylation sites is 1. The summed E-state index contributed by atoms with van der Waals surface area (Å²) in [5.41, 5.74) is 1.05. The minimum Gasteiger partial charge on any atom is -0.494 e. The Morgan fingerprint density at radius 3 is 2.16 bits per heavy atom. The Bertz CT molecular complexity index is 967. The van der Waals surface area contributed by atoms with E-state index in [1.54, 1.807) is 42.5 Å². The summed E-state index contributed by atoms with van der Waals surface area (Å²) in [6.07, 6.45) is 8.75. The Morgan fingerprint density at radius 1 is 0.812 bits per heavy atom. The van der Waals surface area contributed by atoms with Crippen molar-refractivity contribution in [3.8, 4) is 5.75 Å². The highest BCUT2D eigenvalue weighted by atomic mass is 16.5. The van der Waals surface area contributed by atoms with Crippen molar-refractivity contribution in [1.82, 2.24) is 4.90 Å². The van der Waals surface area contributed by atoms with Gasteiger partial charge in [0.25, 0.3) is 11.8 Å². The molecule has 1 saturated heterocycles. The molecule has 6 heteroatoms. The number of urea groups is 1. The zero-order valence-electron chi connectivity index (χ0n) is 18.8. The maximum Gasteiger partial charge on any atom is 0.338 e. The van der Waals surface area contributed by atoms with Crippen LogP contribution in [-0.2, 0) is 9.59 Å². The lowest BCUT2D eigenvalue weighted by Gasteiger charge is -2.31. The van der Waals surface area contributed by atoms with Gasteiger partial charge >= 0.3 is 6.03 Å². The van der Waals surface area contributed by atoms with Crippen molar-refractivity contribution in [2.75, 3.05) is 18.6 Å². The number of likely N-dealkylation sites (N-methyl/N-ethyl adjacent to an activating group) is 1. The highest BCUT2D eigenvalue weighted by molar-refractivity contribution is 6.39. The summed E-state index contributed by atoms with van der Waals surface area (Å²) in [6.45, 7) is 2.88. The molecule has 0 N–H and O–H groups in total. The van der Waals surface area contributed by atoms with Gasteiger partial charge in [0.1, 0.15) is 11.3 Å². The zero-order chi connectivity index (χ0) is 22.9. The average Bonchev–Trinajstić information content (AvgIpc) is 2.81. The van der Waals surface area contributed by atoms with Crippen molar-refractivity contribution in [3.05, 3.63) is 65.7 Å². The van der Waals surface area contributed by atoms with Gasteiger partial charge in [0.2, 0.25) is 0 Å². The number of nitrogens with zero attached hydrogens (tertiary/aromatic N) is 2. The molecule has 4 amide bonds. The standard InChI is InChI=1S/C26H30N2O4/c1-3-4-5-6-7-11-18-32-22-16-14-20(15-17-22)19-23-24(29)27(2)26(31)28(25(23)30)21-12-9-8-10-13-21/h8-10,12-17,19H,3-7,11,18H2,1-2H3. The van der Waals surface area contributed by atoms with Gasteiger partial charge in [-0.1, -0.05) is 69.4 Å². The monoisotopic (exact) mass is 434 g/mol. The number of imide groups is 2. The van der Waals surface area contributed by atoms with Crippen molar-refractivity contribution < 1.29 is 19.1 Å². The van der Waals surface area contributed by atoms with Gasteiger partial charge in [-0.05, 0) is 42.3 Å². The molecule has 3 rings (SSSR count). The number of carbonyl (C=O) groups excluding carboxylic acids is 3. The van der Waals surface area contributed by atoms with E-state index in [1.807, 2.05) is 12.1 Å². The topological polar surface area (TPSA) is 66.9 Å². The van der Waals surface area contributed by atoms with E-state index >= 15 is 0 Å². The number of ether oxygens (including phenoxy) is 1. The Kier molecular flexibility index (Phi) is 8.20.